The average molecular weight is 332 g/mol. The monoisotopic (exact) mass is 330 g/mol. The maximum absolute atomic E-state index is 0. The Morgan fingerprint density at radius 1 is 0.429 bits per heavy atom. The molecule has 0 N–H and O–H groups in total. The maximum Gasteiger partial charge on any atom is 1.00 e. The Morgan fingerprint density at radius 3 is 0.429 bits per heavy atom. The van der Waals surface area contributed by atoms with Crippen molar-refractivity contribution in [1.82, 2.24) is 0 Å². The predicted octanol–water partition coefficient (Wildman–Crippen LogP) is -18.1. The second-order valence-corrected chi connectivity index (χ2v) is 0. The third-order valence-electron chi connectivity index (χ3n) is 0. The van der Waals surface area contributed by atoms with Crippen LogP contribution in [0.4, 0.5) is 0 Å². The molecular weight excluding hydrogens is 332 g/mol. The molecule has 24 valence electrons. The summed E-state index contributed by atoms with van der Waals surface area (Å²) in [4.78, 5) is 0. The van der Waals surface area contributed by atoms with Crippen molar-refractivity contribution in [3.8, 4) is 0 Å². The van der Waals surface area contributed by atoms with Gasteiger partial charge in [0.15, 0.2) is 0 Å². The number of hydrogen-bond donors (Lipinski definition) is 0. The van der Waals surface area contributed by atoms with Crippen molar-refractivity contribution < 1.29 is 245 Å². The molecule has 0 saturated heterocycles. The molecule has 0 heterocycles. The molecule has 0 aliphatic carbocycles. The normalized spacial score (nSPS) is 0. The van der Waals surface area contributed by atoms with Gasteiger partial charge in [-0.05, 0) is 0 Å². The summed E-state index contributed by atoms with van der Waals surface area (Å²) in [6, 6.07) is 0. The van der Waals surface area contributed by atoms with Gasteiger partial charge in [0.25, 0.3) is 0 Å². The third-order valence-corrected chi connectivity index (χ3v) is 0. The van der Waals surface area contributed by atoms with Crippen LogP contribution in [0.15, 0.2) is 0 Å². The van der Waals surface area contributed by atoms with Crippen LogP contribution < -0.4 is 240 Å². The van der Waals surface area contributed by atoms with E-state index in [0.29, 0.717) is 0 Å². The van der Waals surface area contributed by atoms with Crippen LogP contribution in [0.1, 0.15) is 0 Å². The fourth-order valence-corrected chi connectivity index (χ4v) is 0. The van der Waals surface area contributed by atoms with Gasteiger partial charge in [-0.15, -0.1) is 0 Å². The summed E-state index contributed by atoms with van der Waals surface area (Å²) in [6.07, 6.45) is 0. The zero-order chi connectivity index (χ0) is 0. The van der Waals surface area contributed by atoms with Gasteiger partial charge in [-0.3, -0.25) is 0 Å². The molecule has 7 heavy (non-hydrogen) atoms. The maximum atomic E-state index is 0. The van der Waals surface area contributed by atoms with Crippen LogP contribution in [0.5, 0.6) is 0 Å². The first kappa shape index (κ1) is 47.1. The molecule has 0 rings (SSSR count). The van der Waals surface area contributed by atoms with Gasteiger partial charge >= 0.3 is 206 Å². The van der Waals surface area contributed by atoms with Crippen molar-refractivity contribution in [2.75, 3.05) is 0 Å². The first-order valence-electron chi connectivity index (χ1n) is 0. The minimum atomic E-state index is 0. The molecule has 0 aliphatic rings. The standard InChI is InChI=1S/2BrH.4K.O/h2*1H;;;;;/q;;4*+1;-2/p-2. The quantitative estimate of drug-likeness (QED) is 0.394. The Balaban J connectivity index is 0. The molecule has 0 saturated carbocycles. The van der Waals surface area contributed by atoms with Gasteiger partial charge in [0.1, 0.15) is 0 Å². The van der Waals surface area contributed by atoms with Crippen molar-refractivity contribution in [1.29, 1.82) is 0 Å². The van der Waals surface area contributed by atoms with Gasteiger partial charge in [0.2, 0.25) is 0 Å². The van der Waals surface area contributed by atoms with E-state index in [1.165, 1.54) is 0 Å². The number of rotatable bonds is 0. The van der Waals surface area contributed by atoms with Gasteiger partial charge < -0.3 is 39.4 Å². The SMILES string of the molecule is [Br-].[Br-].[K+].[K+].[K+].[K+].[O-2]. The molecule has 0 atom stereocenters. The molecule has 0 unspecified atom stereocenters. The minimum absolute atomic E-state index is 0. The molecule has 0 aliphatic heterocycles. The fraction of sp³-hybridized carbons (Fsp3) is 0. The minimum Gasteiger partial charge on any atom is -2.00 e. The number of hydrogen-bond acceptors (Lipinski definition) is 0. The largest absolute Gasteiger partial charge is 2.00 e. The van der Waals surface area contributed by atoms with Gasteiger partial charge in [-0.25, -0.2) is 0 Å². The van der Waals surface area contributed by atoms with Gasteiger partial charge in [-0.1, -0.05) is 0 Å². The Kier molecular flexibility index (Phi) is 252. The molecule has 0 radical (unpaired) electrons. The molecule has 0 bridgehead atoms. The third kappa shape index (κ3) is 31.8. The van der Waals surface area contributed by atoms with Crippen molar-refractivity contribution in [3.63, 3.8) is 0 Å². The first-order chi connectivity index (χ1) is 0. The van der Waals surface area contributed by atoms with Crippen molar-refractivity contribution in [2.24, 2.45) is 0 Å². The van der Waals surface area contributed by atoms with Crippen molar-refractivity contribution in [2.45, 2.75) is 0 Å². The molecule has 1 nitrogen and oxygen atoms in total. The zero-order valence-electron chi connectivity index (χ0n) is 5.16. The zero-order valence-corrected chi connectivity index (χ0v) is 20.8. The average Bonchev–Trinajstić information content (AvgIpc) is 0. The molecular formula is Br2K4O. The van der Waals surface area contributed by atoms with E-state index in [2.05, 4.69) is 0 Å². The summed E-state index contributed by atoms with van der Waals surface area (Å²) in [5.74, 6) is 0. The van der Waals surface area contributed by atoms with E-state index < -0.39 is 0 Å². The van der Waals surface area contributed by atoms with Crippen LogP contribution in [0.3, 0.4) is 0 Å². The summed E-state index contributed by atoms with van der Waals surface area (Å²) in [5.41, 5.74) is 0. The number of halogens is 2. The molecule has 0 aromatic heterocycles. The van der Waals surface area contributed by atoms with E-state index in [4.69, 9.17) is 0 Å². The van der Waals surface area contributed by atoms with E-state index in [1.54, 1.807) is 0 Å². The van der Waals surface area contributed by atoms with Crippen molar-refractivity contribution in [3.05, 3.63) is 0 Å². The smallest absolute Gasteiger partial charge is 1.00 e. The Bertz CT molecular complexity index is 9.65. The molecule has 0 spiro atoms. The summed E-state index contributed by atoms with van der Waals surface area (Å²) in [5, 5.41) is 0. The van der Waals surface area contributed by atoms with Crippen molar-refractivity contribution >= 4 is 0 Å². The van der Waals surface area contributed by atoms with E-state index in [1.807, 2.05) is 0 Å². The molecule has 0 aromatic rings. The van der Waals surface area contributed by atoms with Gasteiger partial charge in [0, 0.05) is 0 Å². The first-order valence-corrected chi connectivity index (χ1v) is 0. The summed E-state index contributed by atoms with van der Waals surface area (Å²) < 4.78 is 0. The summed E-state index contributed by atoms with van der Waals surface area (Å²) in [6.45, 7) is 0. The Labute approximate surface area is 236 Å². The van der Waals surface area contributed by atoms with Crippen LogP contribution in [-0.2, 0) is 5.48 Å². The second kappa shape index (κ2) is 37.5. The summed E-state index contributed by atoms with van der Waals surface area (Å²) >= 11 is 0. The van der Waals surface area contributed by atoms with Crippen LogP contribution in [-0.4, -0.2) is 0 Å². The van der Waals surface area contributed by atoms with Crippen LogP contribution in [0.25, 0.3) is 0 Å². The molecule has 0 fully saturated rings. The predicted molar refractivity (Wildman–Crippen MR) is 0.686 cm³/mol. The van der Waals surface area contributed by atoms with Crippen LogP contribution in [0, 0.1) is 0 Å². The van der Waals surface area contributed by atoms with E-state index in [0.717, 1.165) is 0 Å². The van der Waals surface area contributed by atoms with Crippen LogP contribution >= 0.6 is 0 Å². The molecule has 7 heteroatoms. The molecule has 0 amide bonds. The Morgan fingerprint density at radius 2 is 0.429 bits per heavy atom. The topological polar surface area (TPSA) is 28.5 Å². The van der Waals surface area contributed by atoms with E-state index in [-0.39, 0.29) is 245 Å². The summed E-state index contributed by atoms with van der Waals surface area (Å²) in [7, 11) is 0. The Hall–Kier alpha value is 7.47. The van der Waals surface area contributed by atoms with Gasteiger partial charge in [0.05, 0.1) is 0 Å². The van der Waals surface area contributed by atoms with E-state index in [9.17, 15) is 0 Å². The molecule has 0 aromatic carbocycles. The second-order valence-electron chi connectivity index (χ2n) is 0. The van der Waals surface area contributed by atoms with E-state index >= 15 is 0 Å². The van der Waals surface area contributed by atoms with Gasteiger partial charge in [-0.2, -0.15) is 0 Å². The van der Waals surface area contributed by atoms with Crippen LogP contribution in [0.2, 0.25) is 0 Å². The fourth-order valence-electron chi connectivity index (χ4n) is 0.